The standard InChI is InChI=1S/C21H30N2O4/c1-12-4-7-16-20(2,9-8-17(25)21(16,3)11-24)14(12)6-5-13-10-15(18(22)23)27-19(13)26/h5-6,10,14,16-17,24-26H,1,4,7-9,11H2,2-3H3,(H3,22,23)/b6-5+/t14-,16?,17-,20+,21+/m1/s1. The molecular weight excluding hydrogens is 344 g/mol. The van der Waals surface area contributed by atoms with Crippen molar-refractivity contribution < 1.29 is 19.7 Å². The number of rotatable bonds is 4. The highest BCUT2D eigenvalue weighted by atomic mass is 16.5. The first-order valence-corrected chi connectivity index (χ1v) is 9.45. The molecular formula is C21H30N2O4. The summed E-state index contributed by atoms with van der Waals surface area (Å²) in [6.45, 7) is 8.43. The number of aliphatic hydroxyl groups excluding tert-OH is 2. The summed E-state index contributed by atoms with van der Waals surface area (Å²) in [6, 6.07) is 1.54. The van der Waals surface area contributed by atoms with Crippen molar-refractivity contribution in [3.8, 4) is 5.95 Å². The molecule has 0 spiro atoms. The Bertz CT molecular complexity index is 783. The molecule has 3 rings (SSSR count). The van der Waals surface area contributed by atoms with Crippen molar-refractivity contribution in [3.63, 3.8) is 0 Å². The molecule has 1 aromatic rings. The van der Waals surface area contributed by atoms with Crippen LogP contribution in [0.3, 0.4) is 0 Å². The van der Waals surface area contributed by atoms with Crippen molar-refractivity contribution >= 4 is 11.9 Å². The number of aliphatic hydroxyl groups is 2. The van der Waals surface area contributed by atoms with Gasteiger partial charge in [0, 0.05) is 11.3 Å². The second kappa shape index (κ2) is 6.84. The zero-order valence-electron chi connectivity index (χ0n) is 16.0. The van der Waals surface area contributed by atoms with E-state index in [1.165, 1.54) is 0 Å². The van der Waals surface area contributed by atoms with Crippen LogP contribution in [0.2, 0.25) is 0 Å². The van der Waals surface area contributed by atoms with Crippen LogP contribution in [0.5, 0.6) is 5.95 Å². The zero-order valence-corrected chi connectivity index (χ0v) is 16.0. The minimum absolute atomic E-state index is 0.0399. The Balaban J connectivity index is 1.94. The summed E-state index contributed by atoms with van der Waals surface area (Å²) >= 11 is 0. The number of furan rings is 1. The number of amidine groups is 1. The maximum Gasteiger partial charge on any atom is 0.290 e. The molecule has 0 amide bonds. The summed E-state index contributed by atoms with van der Waals surface area (Å²) in [5.41, 5.74) is 6.35. The van der Waals surface area contributed by atoms with Crippen LogP contribution in [0.1, 0.15) is 50.9 Å². The average molecular weight is 374 g/mol. The minimum atomic E-state index is -0.528. The molecule has 1 unspecified atom stereocenters. The van der Waals surface area contributed by atoms with E-state index >= 15 is 0 Å². The molecule has 1 heterocycles. The van der Waals surface area contributed by atoms with Crippen LogP contribution in [-0.2, 0) is 0 Å². The first-order valence-electron chi connectivity index (χ1n) is 9.45. The van der Waals surface area contributed by atoms with E-state index in [1.807, 2.05) is 13.0 Å². The lowest BCUT2D eigenvalue weighted by Gasteiger charge is -2.59. The molecule has 6 heteroatoms. The Kier molecular flexibility index (Phi) is 4.99. The molecule has 0 radical (unpaired) electrons. The molecule has 0 bridgehead atoms. The van der Waals surface area contributed by atoms with Crippen LogP contribution in [-0.4, -0.2) is 33.9 Å². The van der Waals surface area contributed by atoms with E-state index in [-0.39, 0.29) is 41.4 Å². The summed E-state index contributed by atoms with van der Waals surface area (Å²) in [5.74, 6) is -0.139. The topological polar surface area (TPSA) is 124 Å². The van der Waals surface area contributed by atoms with E-state index < -0.39 is 11.5 Å². The summed E-state index contributed by atoms with van der Waals surface area (Å²) in [6.07, 6.45) is 6.54. The highest BCUT2D eigenvalue weighted by molar-refractivity contribution is 5.93. The van der Waals surface area contributed by atoms with Gasteiger partial charge in [-0.25, -0.2) is 0 Å². The van der Waals surface area contributed by atoms with E-state index in [9.17, 15) is 15.3 Å². The molecule has 6 N–H and O–H groups in total. The van der Waals surface area contributed by atoms with E-state index in [4.69, 9.17) is 15.6 Å². The fraction of sp³-hybridized carbons (Fsp3) is 0.571. The highest BCUT2D eigenvalue weighted by Gasteiger charge is 2.57. The molecule has 0 saturated heterocycles. The number of nitrogens with one attached hydrogen (secondary N) is 1. The van der Waals surface area contributed by atoms with Gasteiger partial charge in [-0.15, -0.1) is 0 Å². The van der Waals surface area contributed by atoms with Gasteiger partial charge < -0.3 is 25.5 Å². The fourth-order valence-corrected chi connectivity index (χ4v) is 5.34. The Labute approximate surface area is 159 Å². The first kappa shape index (κ1) is 19.7. The monoisotopic (exact) mass is 374 g/mol. The van der Waals surface area contributed by atoms with Gasteiger partial charge in [0.05, 0.1) is 18.3 Å². The molecule has 2 aliphatic carbocycles. The maximum absolute atomic E-state index is 10.6. The maximum atomic E-state index is 10.6. The van der Waals surface area contributed by atoms with E-state index in [1.54, 1.807) is 12.1 Å². The van der Waals surface area contributed by atoms with Crippen LogP contribution in [0.4, 0.5) is 0 Å². The lowest BCUT2D eigenvalue weighted by Crippen LogP contribution is -2.57. The van der Waals surface area contributed by atoms with Gasteiger partial charge in [0.1, 0.15) is 0 Å². The van der Waals surface area contributed by atoms with E-state index in [0.29, 0.717) is 12.0 Å². The number of allylic oxidation sites excluding steroid dienone is 2. The molecule has 0 aliphatic heterocycles. The van der Waals surface area contributed by atoms with Gasteiger partial charge in [0.15, 0.2) is 11.6 Å². The molecule has 0 aromatic carbocycles. The molecule has 5 atom stereocenters. The third-order valence-electron chi connectivity index (χ3n) is 7.03. The Morgan fingerprint density at radius 1 is 1.44 bits per heavy atom. The van der Waals surface area contributed by atoms with Crippen molar-refractivity contribution in [2.45, 2.75) is 45.6 Å². The van der Waals surface area contributed by atoms with E-state index in [2.05, 4.69) is 13.5 Å². The van der Waals surface area contributed by atoms with Gasteiger partial charge >= 0.3 is 0 Å². The highest BCUT2D eigenvalue weighted by Crippen LogP contribution is 2.61. The minimum Gasteiger partial charge on any atom is -0.480 e. The van der Waals surface area contributed by atoms with Crippen molar-refractivity contribution in [2.75, 3.05) is 6.61 Å². The van der Waals surface area contributed by atoms with Gasteiger partial charge in [-0.3, -0.25) is 5.41 Å². The normalized spacial score (nSPS) is 36.7. The SMILES string of the molecule is C=C1CCC2[C@](C)(CO)[C@H](O)CC[C@@]2(C)[C@@H]1/C=C/c1cc(C(=N)N)oc1O. The molecule has 148 valence electrons. The van der Waals surface area contributed by atoms with Gasteiger partial charge in [-0.05, 0) is 43.1 Å². The van der Waals surface area contributed by atoms with Crippen LogP contribution in [0, 0.1) is 28.1 Å². The number of aromatic hydroxyl groups is 1. The van der Waals surface area contributed by atoms with E-state index in [0.717, 1.165) is 24.8 Å². The number of nitrogens with two attached hydrogens (primary N) is 1. The third-order valence-corrected chi connectivity index (χ3v) is 7.03. The average Bonchev–Trinajstić information content (AvgIpc) is 2.99. The molecule has 1 aromatic heterocycles. The molecule has 27 heavy (non-hydrogen) atoms. The largest absolute Gasteiger partial charge is 0.480 e. The fourth-order valence-electron chi connectivity index (χ4n) is 5.34. The van der Waals surface area contributed by atoms with Crippen LogP contribution in [0.25, 0.3) is 6.08 Å². The lowest BCUT2D eigenvalue weighted by atomic mass is 9.46. The van der Waals surface area contributed by atoms with Crippen molar-refractivity contribution in [1.29, 1.82) is 5.41 Å². The molecule has 6 nitrogen and oxygen atoms in total. The second-order valence-corrected chi connectivity index (χ2v) is 8.60. The predicted molar refractivity (Wildman–Crippen MR) is 104 cm³/mol. The van der Waals surface area contributed by atoms with Crippen molar-refractivity contribution in [1.82, 2.24) is 0 Å². The van der Waals surface area contributed by atoms with Crippen LogP contribution >= 0.6 is 0 Å². The zero-order chi connectivity index (χ0) is 20.0. The predicted octanol–water partition coefficient (Wildman–Crippen LogP) is 3.02. The summed E-state index contributed by atoms with van der Waals surface area (Å²) in [7, 11) is 0. The third kappa shape index (κ3) is 3.11. The Morgan fingerprint density at radius 2 is 2.15 bits per heavy atom. The van der Waals surface area contributed by atoms with Crippen LogP contribution < -0.4 is 5.73 Å². The number of hydrogen-bond donors (Lipinski definition) is 5. The number of nitrogen functional groups attached to an aromatic ring is 1. The lowest BCUT2D eigenvalue weighted by molar-refractivity contribution is -0.145. The number of hydrogen-bond acceptors (Lipinski definition) is 5. The second-order valence-electron chi connectivity index (χ2n) is 8.60. The van der Waals surface area contributed by atoms with Gasteiger partial charge in [0.25, 0.3) is 5.95 Å². The van der Waals surface area contributed by atoms with Crippen LogP contribution in [0.15, 0.2) is 28.7 Å². The molecule has 2 fully saturated rings. The molecule has 2 saturated carbocycles. The number of fused-ring (bicyclic) bond motifs is 1. The van der Waals surface area contributed by atoms with Gasteiger partial charge in [0.2, 0.25) is 0 Å². The first-order chi connectivity index (χ1) is 12.6. The van der Waals surface area contributed by atoms with Gasteiger partial charge in [-0.1, -0.05) is 38.2 Å². The quantitative estimate of drug-likeness (QED) is 0.315. The van der Waals surface area contributed by atoms with Crippen molar-refractivity contribution in [3.05, 3.63) is 35.6 Å². The van der Waals surface area contributed by atoms with Crippen molar-refractivity contribution in [2.24, 2.45) is 28.4 Å². The smallest absolute Gasteiger partial charge is 0.290 e. The summed E-state index contributed by atoms with van der Waals surface area (Å²) < 4.78 is 5.11. The summed E-state index contributed by atoms with van der Waals surface area (Å²) in [5, 5.41) is 38.0. The summed E-state index contributed by atoms with van der Waals surface area (Å²) in [4.78, 5) is 0. The Hall–Kier alpha value is -2.05. The van der Waals surface area contributed by atoms with Gasteiger partial charge in [-0.2, -0.15) is 0 Å². The molecule has 2 aliphatic rings. The Morgan fingerprint density at radius 3 is 2.74 bits per heavy atom.